The number of para-hydroxylation sites is 1. The van der Waals surface area contributed by atoms with Crippen molar-refractivity contribution in [3.8, 4) is 5.75 Å². The summed E-state index contributed by atoms with van der Waals surface area (Å²) in [6.45, 7) is 7.48. The number of Topliss-reactive ketones (excluding diaryl/α,β-unsaturated/α-hetero) is 1. The van der Waals surface area contributed by atoms with Gasteiger partial charge in [0.2, 0.25) is 5.91 Å². The average molecular weight is 409 g/mol. The quantitative estimate of drug-likeness (QED) is 0.394. The summed E-state index contributed by atoms with van der Waals surface area (Å²) in [4.78, 5) is 36.2. The van der Waals surface area contributed by atoms with Gasteiger partial charge in [0.1, 0.15) is 5.75 Å². The Labute approximate surface area is 176 Å². The summed E-state index contributed by atoms with van der Waals surface area (Å²) in [7, 11) is 0. The summed E-state index contributed by atoms with van der Waals surface area (Å²) >= 11 is 0. The van der Waals surface area contributed by atoms with Crippen LogP contribution in [0.3, 0.4) is 0 Å². The Hall–Kier alpha value is -3.41. The van der Waals surface area contributed by atoms with Crippen molar-refractivity contribution in [2.45, 2.75) is 27.7 Å². The molecule has 1 amide bonds. The Bertz CT molecular complexity index is 923. The van der Waals surface area contributed by atoms with E-state index >= 15 is 0 Å². The van der Waals surface area contributed by atoms with Gasteiger partial charge >= 0.3 is 5.97 Å². The number of esters is 1. The maximum Gasteiger partial charge on any atom is 0.331 e. The molecule has 0 aliphatic rings. The van der Waals surface area contributed by atoms with Crippen molar-refractivity contribution in [2.24, 2.45) is 5.41 Å². The van der Waals surface area contributed by atoms with Crippen molar-refractivity contribution in [1.29, 1.82) is 0 Å². The molecule has 0 atom stereocenters. The topological polar surface area (TPSA) is 81.7 Å². The van der Waals surface area contributed by atoms with Gasteiger partial charge in [-0.25, -0.2) is 4.79 Å². The van der Waals surface area contributed by atoms with E-state index in [-0.39, 0.29) is 18.3 Å². The highest BCUT2D eigenvalue weighted by Crippen LogP contribution is 2.20. The lowest BCUT2D eigenvalue weighted by atomic mass is 9.95. The Morgan fingerprint density at radius 1 is 1.00 bits per heavy atom. The summed E-state index contributed by atoms with van der Waals surface area (Å²) in [5.74, 6) is -0.407. The second-order valence-corrected chi connectivity index (χ2v) is 7.62. The number of ether oxygens (including phenoxy) is 2. The fourth-order valence-corrected chi connectivity index (χ4v) is 2.39. The fraction of sp³-hybridized carbons (Fsp3) is 0.292. The standard InChI is InChI=1S/C24H27NO5/c1-5-29-21-9-7-6-8-18(21)12-15-22(27)30-16-20(26)17-10-13-19(14-11-17)25-23(28)24(2,3)4/h6-15H,5,16H2,1-4H3,(H,25,28)/b15-12+. The van der Waals surface area contributed by atoms with Crippen LogP contribution < -0.4 is 10.1 Å². The van der Waals surface area contributed by atoms with Crippen LogP contribution in [0.5, 0.6) is 5.75 Å². The summed E-state index contributed by atoms with van der Waals surface area (Å²) in [5.41, 5.74) is 1.22. The van der Waals surface area contributed by atoms with Gasteiger partial charge in [0.15, 0.2) is 12.4 Å². The molecule has 1 N–H and O–H groups in total. The number of benzene rings is 2. The number of hydrogen-bond acceptors (Lipinski definition) is 5. The predicted molar refractivity (Wildman–Crippen MR) is 116 cm³/mol. The van der Waals surface area contributed by atoms with Crippen LogP contribution in [-0.4, -0.2) is 30.9 Å². The molecule has 0 saturated carbocycles. The van der Waals surface area contributed by atoms with Crippen molar-refractivity contribution in [1.82, 2.24) is 0 Å². The molecular formula is C24H27NO5. The fourth-order valence-electron chi connectivity index (χ4n) is 2.39. The Balaban J connectivity index is 1.89. The molecule has 2 aromatic rings. The number of hydrogen-bond donors (Lipinski definition) is 1. The van der Waals surface area contributed by atoms with Gasteiger partial charge in [-0.1, -0.05) is 39.0 Å². The lowest BCUT2D eigenvalue weighted by molar-refractivity contribution is -0.136. The third kappa shape index (κ3) is 6.88. The number of anilines is 1. The van der Waals surface area contributed by atoms with Crippen LogP contribution in [0, 0.1) is 5.41 Å². The van der Waals surface area contributed by atoms with Gasteiger partial charge in [-0.3, -0.25) is 9.59 Å². The SMILES string of the molecule is CCOc1ccccc1/C=C/C(=O)OCC(=O)c1ccc(NC(=O)C(C)(C)C)cc1. The lowest BCUT2D eigenvalue weighted by Gasteiger charge is -2.17. The predicted octanol–water partition coefficient (Wildman–Crippen LogP) is 4.51. The molecule has 0 aliphatic carbocycles. The first kappa shape index (κ1) is 22.9. The van der Waals surface area contributed by atoms with Crippen molar-refractivity contribution < 1.29 is 23.9 Å². The molecule has 2 rings (SSSR count). The molecule has 0 aromatic heterocycles. The largest absolute Gasteiger partial charge is 0.493 e. The Morgan fingerprint density at radius 3 is 2.30 bits per heavy atom. The molecule has 0 fully saturated rings. The van der Waals surface area contributed by atoms with Crippen LogP contribution in [0.1, 0.15) is 43.6 Å². The van der Waals surface area contributed by atoms with Gasteiger partial charge in [-0.15, -0.1) is 0 Å². The van der Waals surface area contributed by atoms with Gasteiger partial charge in [0.25, 0.3) is 0 Å². The second-order valence-electron chi connectivity index (χ2n) is 7.62. The molecule has 6 heteroatoms. The number of ketones is 1. The van der Waals surface area contributed by atoms with E-state index in [2.05, 4.69) is 5.32 Å². The Morgan fingerprint density at radius 2 is 1.67 bits per heavy atom. The first-order valence-corrected chi connectivity index (χ1v) is 9.72. The molecule has 2 aromatic carbocycles. The second kappa shape index (κ2) is 10.4. The average Bonchev–Trinajstić information content (AvgIpc) is 2.71. The molecule has 158 valence electrons. The zero-order valence-corrected chi connectivity index (χ0v) is 17.7. The number of rotatable bonds is 8. The maximum atomic E-state index is 12.2. The van der Waals surface area contributed by atoms with E-state index in [9.17, 15) is 14.4 Å². The van der Waals surface area contributed by atoms with E-state index in [0.717, 1.165) is 5.56 Å². The molecule has 0 saturated heterocycles. The summed E-state index contributed by atoms with van der Waals surface area (Å²) < 4.78 is 10.5. The third-order valence-corrected chi connectivity index (χ3v) is 4.11. The highest BCUT2D eigenvalue weighted by Gasteiger charge is 2.21. The molecule has 0 bridgehead atoms. The molecule has 30 heavy (non-hydrogen) atoms. The number of carbonyl (C=O) groups is 3. The van der Waals surface area contributed by atoms with E-state index in [4.69, 9.17) is 9.47 Å². The van der Waals surface area contributed by atoms with Gasteiger partial charge in [0, 0.05) is 28.3 Å². The third-order valence-electron chi connectivity index (χ3n) is 4.11. The molecule has 0 spiro atoms. The zero-order valence-electron chi connectivity index (χ0n) is 17.7. The van der Waals surface area contributed by atoms with Gasteiger partial charge in [-0.05, 0) is 43.3 Å². The van der Waals surface area contributed by atoms with E-state index in [1.807, 2.05) is 52.0 Å². The summed E-state index contributed by atoms with van der Waals surface area (Å²) in [6, 6.07) is 13.8. The minimum atomic E-state index is -0.622. The smallest absolute Gasteiger partial charge is 0.331 e. The van der Waals surface area contributed by atoms with Crippen LogP contribution in [0.25, 0.3) is 6.08 Å². The molecule has 0 unspecified atom stereocenters. The molecule has 0 radical (unpaired) electrons. The highest BCUT2D eigenvalue weighted by molar-refractivity contribution is 6.00. The summed E-state index contributed by atoms with van der Waals surface area (Å²) in [5, 5.41) is 2.79. The van der Waals surface area contributed by atoms with E-state index in [0.29, 0.717) is 23.6 Å². The highest BCUT2D eigenvalue weighted by atomic mass is 16.5. The first-order valence-electron chi connectivity index (χ1n) is 9.72. The lowest BCUT2D eigenvalue weighted by Crippen LogP contribution is -2.27. The van der Waals surface area contributed by atoms with Gasteiger partial charge in [0.05, 0.1) is 6.61 Å². The molecular weight excluding hydrogens is 382 g/mol. The first-order chi connectivity index (χ1) is 14.2. The number of nitrogens with one attached hydrogen (secondary N) is 1. The van der Waals surface area contributed by atoms with Crippen LogP contribution in [0.15, 0.2) is 54.6 Å². The monoisotopic (exact) mass is 409 g/mol. The van der Waals surface area contributed by atoms with Crippen molar-refractivity contribution in [3.05, 3.63) is 65.7 Å². The molecule has 0 aliphatic heterocycles. The van der Waals surface area contributed by atoms with E-state index in [1.54, 1.807) is 30.3 Å². The number of amides is 1. The zero-order chi connectivity index (χ0) is 22.1. The van der Waals surface area contributed by atoms with Crippen LogP contribution >= 0.6 is 0 Å². The summed E-state index contributed by atoms with van der Waals surface area (Å²) in [6.07, 6.45) is 2.85. The van der Waals surface area contributed by atoms with Crippen LogP contribution in [0.4, 0.5) is 5.69 Å². The van der Waals surface area contributed by atoms with Crippen LogP contribution in [-0.2, 0) is 14.3 Å². The van der Waals surface area contributed by atoms with E-state index < -0.39 is 11.4 Å². The van der Waals surface area contributed by atoms with E-state index in [1.165, 1.54) is 6.08 Å². The van der Waals surface area contributed by atoms with Gasteiger partial charge < -0.3 is 14.8 Å². The Kier molecular flexibility index (Phi) is 7.92. The van der Waals surface area contributed by atoms with Gasteiger partial charge in [-0.2, -0.15) is 0 Å². The van der Waals surface area contributed by atoms with Crippen LogP contribution in [0.2, 0.25) is 0 Å². The minimum absolute atomic E-state index is 0.117. The molecule has 6 nitrogen and oxygen atoms in total. The van der Waals surface area contributed by atoms with Crippen molar-refractivity contribution >= 4 is 29.4 Å². The minimum Gasteiger partial charge on any atom is -0.493 e. The normalized spacial score (nSPS) is 11.2. The van der Waals surface area contributed by atoms with Crippen molar-refractivity contribution in [2.75, 3.05) is 18.5 Å². The maximum absolute atomic E-state index is 12.2. The molecule has 0 heterocycles. The van der Waals surface area contributed by atoms with Crippen molar-refractivity contribution in [3.63, 3.8) is 0 Å². The number of carbonyl (C=O) groups excluding carboxylic acids is 3.